The van der Waals surface area contributed by atoms with Crippen LogP contribution in [0.3, 0.4) is 0 Å². The number of carbonyl (C=O) groups excluding carboxylic acids is 2. The van der Waals surface area contributed by atoms with E-state index in [2.05, 4.69) is 10.6 Å². The van der Waals surface area contributed by atoms with Crippen LogP contribution in [-0.2, 0) is 24.3 Å². The number of anilines is 2. The summed E-state index contributed by atoms with van der Waals surface area (Å²) in [4.78, 5) is 24.7. The molecule has 10 heteroatoms. The lowest BCUT2D eigenvalue weighted by Gasteiger charge is -2.24. The SMILES string of the molecule is CC(C)OC(=O)CN(c1cccc(Cl)c1)S(=O)(=O)c1cccc(NC(=O)C2CCCN2)c1. The summed E-state index contributed by atoms with van der Waals surface area (Å²) in [7, 11) is -4.17. The molecule has 1 amide bonds. The van der Waals surface area contributed by atoms with E-state index in [0.29, 0.717) is 10.7 Å². The van der Waals surface area contributed by atoms with Gasteiger partial charge in [0.05, 0.1) is 22.7 Å². The average molecular weight is 480 g/mol. The second-order valence-electron chi connectivity index (χ2n) is 7.70. The van der Waals surface area contributed by atoms with Gasteiger partial charge in [0.25, 0.3) is 10.0 Å². The second kappa shape index (κ2) is 10.3. The molecule has 0 bridgehead atoms. The molecule has 2 aromatic carbocycles. The first-order valence-corrected chi connectivity index (χ1v) is 12.1. The number of hydrogen-bond acceptors (Lipinski definition) is 6. The first-order chi connectivity index (χ1) is 15.2. The Bertz CT molecular complexity index is 1080. The van der Waals surface area contributed by atoms with E-state index in [-0.39, 0.29) is 22.5 Å². The van der Waals surface area contributed by atoms with Crippen LogP contribution in [0.1, 0.15) is 26.7 Å². The Balaban J connectivity index is 1.91. The molecule has 172 valence electrons. The van der Waals surface area contributed by atoms with Gasteiger partial charge in [-0.2, -0.15) is 0 Å². The molecule has 1 heterocycles. The lowest BCUT2D eigenvalue weighted by atomic mass is 10.2. The topological polar surface area (TPSA) is 105 Å². The molecule has 1 atom stereocenters. The Hall–Kier alpha value is -2.62. The molecule has 2 aromatic rings. The minimum atomic E-state index is -4.17. The Labute approximate surface area is 192 Å². The number of benzene rings is 2. The van der Waals surface area contributed by atoms with Gasteiger partial charge in [0.15, 0.2) is 0 Å². The zero-order valence-corrected chi connectivity index (χ0v) is 19.4. The lowest BCUT2D eigenvalue weighted by molar-refractivity contribution is -0.145. The number of rotatable bonds is 8. The van der Waals surface area contributed by atoms with Crippen molar-refractivity contribution in [2.75, 3.05) is 22.7 Å². The van der Waals surface area contributed by atoms with E-state index in [1.165, 1.54) is 24.3 Å². The van der Waals surface area contributed by atoms with Gasteiger partial charge in [0.1, 0.15) is 6.54 Å². The Morgan fingerprint density at radius 2 is 1.97 bits per heavy atom. The van der Waals surface area contributed by atoms with E-state index in [9.17, 15) is 18.0 Å². The molecule has 1 aliphatic rings. The van der Waals surface area contributed by atoms with Crippen LogP contribution in [-0.4, -0.2) is 45.5 Å². The monoisotopic (exact) mass is 479 g/mol. The van der Waals surface area contributed by atoms with Crippen LogP contribution in [0.25, 0.3) is 0 Å². The third-order valence-corrected chi connectivity index (χ3v) is 6.81. The number of sulfonamides is 1. The molecule has 0 radical (unpaired) electrons. The molecular weight excluding hydrogens is 454 g/mol. The number of hydrogen-bond donors (Lipinski definition) is 2. The van der Waals surface area contributed by atoms with Gasteiger partial charge in [-0.3, -0.25) is 13.9 Å². The first kappa shape index (κ1) is 24.0. The number of amides is 1. The highest BCUT2D eigenvalue weighted by Gasteiger charge is 2.29. The summed E-state index contributed by atoms with van der Waals surface area (Å²) in [5.74, 6) is -0.912. The third-order valence-electron chi connectivity index (χ3n) is 4.80. The van der Waals surface area contributed by atoms with E-state index >= 15 is 0 Å². The van der Waals surface area contributed by atoms with Crippen LogP contribution in [0.4, 0.5) is 11.4 Å². The largest absolute Gasteiger partial charge is 0.462 e. The fourth-order valence-corrected chi connectivity index (χ4v) is 4.99. The fourth-order valence-electron chi connectivity index (χ4n) is 3.36. The van der Waals surface area contributed by atoms with Crippen molar-refractivity contribution in [1.82, 2.24) is 5.32 Å². The summed E-state index contributed by atoms with van der Waals surface area (Å²) in [5.41, 5.74) is 0.573. The van der Waals surface area contributed by atoms with Gasteiger partial charge >= 0.3 is 5.97 Å². The smallest absolute Gasteiger partial charge is 0.327 e. The van der Waals surface area contributed by atoms with E-state index in [0.717, 1.165) is 23.7 Å². The molecule has 1 aliphatic heterocycles. The maximum absolute atomic E-state index is 13.5. The summed E-state index contributed by atoms with van der Waals surface area (Å²) in [5, 5.41) is 6.18. The van der Waals surface area contributed by atoms with Crippen LogP contribution in [0.2, 0.25) is 5.02 Å². The Kier molecular flexibility index (Phi) is 7.76. The molecule has 1 fully saturated rings. The predicted octanol–water partition coefficient (Wildman–Crippen LogP) is 3.18. The zero-order valence-electron chi connectivity index (χ0n) is 17.9. The Morgan fingerprint density at radius 3 is 2.62 bits per heavy atom. The lowest BCUT2D eigenvalue weighted by Crippen LogP contribution is -2.37. The quantitative estimate of drug-likeness (QED) is 0.563. The number of ether oxygens (including phenoxy) is 1. The molecule has 0 aliphatic carbocycles. The number of nitrogens with one attached hydrogen (secondary N) is 2. The summed E-state index contributed by atoms with van der Waals surface area (Å²) in [6, 6.07) is 11.8. The standard InChI is InChI=1S/C22H26ClN3O5S/c1-15(2)31-21(27)14-26(18-8-3-6-16(23)12-18)32(29,30)19-9-4-7-17(13-19)25-22(28)20-10-5-11-24-20/h3-4,6-9,12-13,15,20,24H,5,10-11,14H2,1-2H3,(H,25,28). The predicted molar refractivity (Wildman–Crippen MR) is 123 cm³/mol. The highest BCUT2D eigenvalue weighted by molar-refractivity contribution is 7.92. The van der Waals surface area contributed by atoms with Crippen molar-refractivity contribution in [2.45, 2.75) is 43.7 Å². The molecule has 2 N–H and O–H groups in total. The molecule has 0 aromatic heterocycles. The molecule has 1 saturated heterocycles. The minimum absolute atomic E-state index is 0.0768. The average Bonchev–Trinajstić information content (AvgIpc) is 3.27. The van der Waals surface area contributed by atoms with E-state index in [1.807, 2.05) is 0 Å². The van der Waals surface area contributed by atoms with Gasteiger partial charge < -0.3 is 15.4 Å². The highest BCUT2D eigenvalue weighted by atomic mass is 35.5. The first-order valence-electron chi connectivity index (χ1n) is 10.3. The second-order valence-corrected chi connectivity index (χ2v) is 9.99. The Morgan fingerprint density at radius 1 is 1.22 bits per heavy atom. The van der Waals surface area contributed by atoms with Crippen molar-refractivity contribution in [2.24, 2.45) is 0 Å². The molecular formula is C22H26ClN3O5S. The van der Waals surface area contributed by atoms with Crippen molar-refractivity contribution in [3.05, 3.63) is 53.6 Å². The van der Waals surface area contributed by atoms with Crippen LogP contribution >= 0.6 is 11.6 Å². The maximum Gasteiger partial charge on any atom is 0.327 e. The van der Waals surface area contributed by atoms with Crippen molar-refractivity contribution < 1.29 is 22.7 Å². The fraction of sp³-hybridized carbons (Fsp3) is 0.364. The molecule has 8 nitrogen and oxygen atoms in total. The van der Waals surface area contributed by atoms with Gasteiger partial charge in [-0.25, -0.2) is 8.42 Å². The third kappa shape index (κ3) is 5.99. The summed E-state index contributed by atoms with van der Waals surface area (Å²) in [6.07, 6.45) is 1.24. The highest BCUT2D eigenvalue weighted by Crippen LogP contribution is 2.27. The van der Waals surface area contributed by atoms with Crippen LogP contribution < -0.4 is 14.9 Å². The van der Waals surface area contributed by atoms with Gasteiger partial charge in [-0.1, -0.05) is 23.7 Å². The molecule has 3 rings (SSSR count). The van der Waals surface area contributed by atoms with E-state index in [1.54, 1.807) is 38.1 Å². The normalized spacial score (nSPS) is 16.1. The van der Waals surface area contributed by atoms with Gasteiger partial charge in [0, 0.05) is 10.7 Å². The molecule has 1 unspecified atom stereocenters. The molecule has 0 spiro atoms. The number of carbonyl (C=O) groups is 2. The van der Waals surface area contributed by atoms with E-state index < -0.39 is 28.6 Å². The van der Waals surface area contributed by atoms with Gasteiger partial charge in [-0.05, 0) is 69.6 Å². The van der Waals surface area contributed by atoms with Gasteiger partial charge in [-0.15, -0.1) is 0 Å². The van der Waals surface area contributed by atoms with Crippen LogP contribution in [0.15, 0.2) is 53.4 Å². The number of nitrogens with zero attached hydrogens (tertiary/aromatic N) is 1. The van der Waals surface area contributed by atoms with Crippen LogP contribution in [0, 0.1) is 0 Å². The van der Waals surface area contributed by atoms with Crippen molar-refractivity contribution in [3.63, 3.8) is 0 Å². The summed E-state index contributed by atoms with van der Waals surface area (Å²) < 4.78 is 33.1. The van der Waals surface area contributed by atoms with Crippen LogP contribution in [0.5, 0.6) is 0 Å². The minimum Gasteiger partial charge on any atom is -0.462 e. The number of esters is 1. The van der Waals surface area contributed by atoms with Crippen molar-refractivity contribution in [1.29, 1.82) is 0 Å². The number of halogens is 1. The van der Waals surface area contributed by atoms with Crippen molar-refractivity contribution in [3.8, 4) is 0 Å². The summed E-state index contributed by atoms with van der Waals surface area (Å²) in [6.45, 7) is 3.61. The summed E-state index contributed by atoms with van der Waals surface area (Å²) >= 11 is 6.06. The zero-order chi connectivity index (χ0) is 23.3. The molecule has 32 heavy (non-hydrogen) atoms. The molecule has 0 saturated carbocycles. The van der Waals surface area contributed by atoms with Crippen molar-refractivity contribution >= 4 is 44.9 Å². The maximum atomic E-state index is 13.5. The van der Waals surface area contributed by atoms with E-state index in [4.69, 9.17) is 16.3 Å². The van der Waals surface area contributed by atoms with Gasteiger partial charge in [0.2, 0.25) is 5.91 Å².